The molecule has 3 N–H and O–H groups in total. The Morgan fingerprint density at radius 2 is 1.90 bits per heavy atom. The standard InChI is InChI=1S/C27H34ClN9O2S.ClH/c1-17-24(29)27(16-39-17)6-11-36(12-7-27)21-13-33-22(14-32-21)40-19-3-8-30-25(23(19)28)34-20-4-9-31-26(35-20)37-10-5-18(15-37)38-2;/h3-4,8-9,13-14,17-18,24H,5-7,10-12,15-16,29H2,1-2H3,(H,30,31,34,35);1H/t17-,18-,24+;/m0./s1. The number of pyridine rings is 1. The Labute approximate surface area is 255 Å². The summed E-state index contributed by atoms with van der Waals surface area (Å²) in [6.07, 6.45) is 10.3. The Balaban J connectivity index is 0.00000337. The molecule has 0 amide bonds. The molecule has 3 aromatic heterocycles. The monoisotopic (exact) mass is 619 g/mol. The lowest BCUT2D eigenvalue weighted by molar-refractivity contribution is 0.0974. The predicted molar refractivity (Wildman–Crippen MR) is 163 cm³/mol. The maximum absolute atomic E-state index is 6.75. The van der Waals surface area contributed by atoms with Crippen molar-refractivity contribution >= 4 is 59.2 Å². The van der Waals surface area contributed by atoms with Crippen LogP contribution in [0.1, 0.15) is 26.2 Å². The van der Waals surface area contributed by atoms with E-state index in [-0.39, 0.29) is 36.1 Å². The lowest BCUT2D eigenvalue weighted by atomic mass is 9.73. The highest BCUT2D eigenvalue weighted by atomic mass is 35.5. The van der Waals surface area contributed by atoms with Gasteiger partial charge in [0, 0.05) is 62.0 Å². The average molecular weight is 621 g/mol. The summed E-state index contributed by atoms with van der Waals surface area (Å²) in [5.74, 6) is 2.66. The highest BCUT2D eigenvalue weighted by molar-refractivity contribution is 7.99. The van der Waals surface area contributed by atoms with Crippen molar-refractivity contribution in [2.75, 3.05) is 55.0 Å². The van der Waals surface area contributed by atoms with Crippen LogP contribution in [0.15, 0.2) is 46.8 Å². The summed E-state index contributed by atoms with van der Waals surface area (Å²) in [6.45, 7) is 6.23. The largest absolute Gasteiger partial charge is 0.380 e. The molecular formula is C27H35Cl2N9O2S. The molecule has 3 aliphatic rings. The number of hydrogen-bond acceptors (Lipinski definition) is 12. The van der Waals surface area contributed by atoms with Gasteiger partial charge in [0.25, 0.3) is 0 Å². The summed E-state index contributed by atoms with van der Waals surface area (Å²) in [4.78, 5) is 28.1. The van der Waals surface area contributed by atoms with Crippen LogP contribution in [-0.4, -0.2) is 83.1 Å². The van der Waals surface area contributed by atoms with Gasteiger partial charge >= 0.3 is 0 Å². The van der Waals surface area contributed by atoms with Crippen LogP contribution >= 0.6 is 35.8 Å². The van der Waals surface area contributed by atoms with Gasteiger partial charge in [0.1, 0.15) is 16.7 Å². The molecule has 3 saturated heterocycles. The molecule has 11 nitrogen and oxygen atoms in total. The van der Waals surface area contributed by atoms with Crippen LogP contribution in [0.25, 0.3) is 0 Å². The van der Waals surface area contributed by atoms with Crippen molar-refractivity contribution < 1.29 is 9.47 Å². The fraction of sp³-hybridized carbons (Fsp3) is 0.519. The van der Waals surface area contributed by atoms with Gasteiger partial charge in [-0.25, -0.2) is 19.9 Å². The van der Waals surface area contributed by atoms with E-state index in [1.165, 1.54) is 11.8 Å². The fourth-order valence-corrected chi connectivity index (χ4v) is 6.70. The molecule has 0 saturated carbocycles. The molecule has 0 unspecified atom stereocenters. The van der Waals surface area contributed by atoms with Crippen LogP contribution in [0.3, 0.4) is 0 Å². The van der Waals surface area contributed by atoms with E-state index < -0.39 is 0 Å². The van der Waals surface area contributed by atoms with E-state index in [1.807, 2.05) is 12.3 Å². The van der Waals surface area contributed by atoms with Crippen molar-refractivity contribution in [1.29, 1.82) is 0 Å². The third-order valence-corrected chi connectivity index (χ3v) is 9.74. The van der Waals surface area contributed by atoms with E-state index in [4.69, 9.17) is 31.8 Å². The van der Waals surface area contributed by atoms with Gasteiger partial charge < -0.3 is 30.3 Å². The number of anilines is 4. The molecule has 41 heavy (non-hydrogen) atoms. The number of aromatic nitrogens is 5. The van der Waals surface area contributed by atoms with Crippen molar-refractivity contribution in [3.8, 4) is 0 Å². The minimum absolute atomic E-state index is 0. The number of piperidine rings is 1. The van der Waals surface area contributed by atoms with Gasteiger partial charge in [0.05, 0.1) is 36.2 Å². The van der Waals surface area contributed by atoms with E-state index in [2.05, 4.69) is 42.0 Å². The molecule has 14 heteroatoms. The van der Waals surface area contributed by atoms with Crippen molar-refractivity contribution in [3.05, 3.63) is 41.9 Å². The number of ether oxygens (including phenoxy) is 2. The molecule has 3 aliphatic heterocycles. The molecule has 3 aromatic rings. The second-order valence-electron chi connectivity index (χ2n) is 10.6. The van der Waals surface area contributed by atoms with Gasteiger partial charge in [0.2, 0.25) is 5.95 Å². The van der Waals surface area contributed by atoms with Gasteiger partial charge in [-0.2, -0.15) is 4.98 Å². The zero-order valence-corrected chi connectivity index (χ0v) is 25.5. The number of methoxy groups -OCH3 is 1. The summed E-state index contributed by atoms with van der Waals surface area (Å²) in [5.41, 5.74) is 6.55. The van der Waals surface area contributed by atoms with Gasteiger partial charge in [-0.3, -0.25) is 0 Å². The second-order valence-corrected chi connectivity index (χ2v) is 12.1. The van der Waals surface area contributed by atoms with E-state index in [0.717, 1.165) is 67.8 Å². The summed E-state index contributed by atoms with van der Waals surface area (Å²) in [5, 5.41) is 4.48. The van der Waals surface area contributed by atoms with E-state index in [9.17, 15) is 0 Å². The molecule has 3 fully saturated rings. The first-order valence-corrected chi connectivity index (χ1v) is 14.8. The first-order chi connectivity index (χ1) is 19.4. The maximum Gasteiger partial charge on any atom is 0.227 e. The smallest absolute Gasteiger partial charge is 0.227 e. The molecule has 0 aromatic carbocycles. The first kappa shape index (κ1) is 30.0. The van der Waals surface area contributed by atoms with Crippen molar-refractivity contribution in [3.63, 3.8) is 0 Å². The van der Waals surface area contributed by atoms with E-state index in [1.54, 1.807) is 31.8 Å². The Kier molecular flexibility index (Phi) is 9.37. The van der Waals surface area contributed by atoms with Crippen LogP contribution in [0, 0.1) is 5.41 Å². The predicted octanol–water partition coefficient (Wildman–Crippen LogP) is 4.19. The lowest BCUT2D eigenvalue weighted by Gasteiger charge is -2.41. The first-order valence-electron chi connectivity index (χ1n) is 13.6. The SMILES string of the molecule is CO[C@H]1CCN(c2nccc(Nc3nccc(Sc4cnc(N5CCC6(CC5)CO[C@@H](C)[C@H]6N)cn4)c3Cl)n2)C1.Cl. The molecule has 0 bridgehead atoms. The highest BCUT2D eigenvalue weighted by Gasteiger charge is 2.47. The minimum atomic E-state index is 0. The molecule has 6 heterocycles. The van der Waals surface area contributed by atoms with E-state index in [0.29, 0.717) is 22.6 Å². The third kappa shape index (κ3) is 6.32. The summed E-state index contributed by atoms with van der Waals surface area (Å²) < 4.78 is 11.3. The number of nitrogens with one attached hydrogen (secondary N) is 1. The Morgan fingerprint density at radius 1 is 1.10 bits per heavy atom. The average Bonchev–Trinajstić information content (AvgIpc) is 3.58. The van der Waals surface area contributed by atoms with Gasteiger partial charge in [-0.05, 0) is 38.3 Å². The quantitative estimate of drug-likeness (QED) is 0.393. The second kappa shape index (κ2) is 12.8. The number of nitrogens with two attached hydrogens (primary N) is 1. The van der Waals surface area contributed by atoms with Crippen LogP contribution in [0.5, 0.6) is 0 Å². The third-order valence-electron chi connectivity index (χ3n) is 8.26. The number of hydrogen-bond donors (Lipinski definition) is 2. The lowest BCUT2D eigenvalue weighted by Crippen LogP contribution is -2.50. The number of rotatable bonds is 7. The van der Waals surface area contributed by atoms with Gasteiger partial charge in [-0.15, -0.1) is 12.4 Å². The molecule has 1 spiro atoms. The minimum Gasteiger partial charge on any atom is -0.380 e. The fourth-order valence-electron chi connectivity index (χ4n) is 5.68. The normalized spacial score (nSPS) is 23.6. The molecular weight excluding hydrogens is 585 g/mol. The summed E-state index contributed by atoms with van der Waals surface area (Å²) in [7, 11) is 1.73. The van der Waals surface area contributed by atoms with Crippen molar-refractivity contribution in [2.24, 2.45) is 11.1 Å². The highest BCUT2D eigenvalue weighted by Crippen LogP contribution is 2.42. The molecule has 6 rings (SSSR count). The number of halogens is 2. The van der Waals surface area contributed by atoms with Crippen LogP contribution in [-0.2, 0) is 9.47 Å². The van der Waals surface area contributed by atoms with Gasteiger partial charge in [-0.1, -0.05) is 23.4 Å². The number of nitrogens with zero attached hydrogens (tertiary/aromatic N) is 7. The molecule has 0 radical (unpaired) electrons. The topological polar surface area (TPSA) is 127 Å². The molecule has 220 valence electrons. The maximum atomic E-state index is 6.75. The van der Waals surface area contributed by atoms with Crippen LogP contribution < -0.4 is 20.9 Å². The Bertz CT molecular complexity index is 1330. The zero-order chi connectivity index (χ0) is 27.7. The molecule has 3 atom stereocenters. The van der Waals surface area contributed by atoms with Crippen molar-refractivity contribution in [1.82, 2.24) is 24.9 Å². The van der Waals surface area contributed by atoms with Crippen molar-refractivity contribution in [2.45, 2.75) is 54.4 Å². The molecule has 0 aliphatic carbocycles. The summed E-state index contributed by atoms with van der Waals surface area (Å²) in [6, 6.07) is 3.76. The summed E-state index contributed by atoms with van der Waals surface area (Å²) >= 11 is 8.20. The van der Waals surface area contributed by atoms with Crippen LogP contribution in [0.4, 0.5) is 23.4 Å². The van der Waals surface area contributed by atoms with E-state index >= 15 is 0 Å². The zero-order valence-electron chi connectivity index (χ0n) is 23.1. The van der Waals surface area contributed by atoms with Gasteiger partial charge in [0.15, 0.2) is 5.82 Å². The Morgan fingerprint density at radius 3 is 2.59 bits per heavy atom. The Hall–Kier alpha value is -2.48. The van der Waals surface area contributed by atoms with Crippen LogP contribution in [0.2, 0.25) is 5.02 Å².